The summed E-state index contributed by atoms with van der Waals surface area (Å²) < 4.78 is 0.930. The van der Waals surface area contributed by atoms with Crippen molar-refractivity contribution < 1.29 is 0 Å². The summed E-state index contributed by atoms with van der Waals surface area (Å²) in [5.74, 6) is 0.772. The van der Waals surface area contributed by atoms with Crippen LogP contribution in [0.25, 0.3) is 0 Å². The molecular formula is C15H14BrN5. The average Bonchev–Trinajstić information content (AvgIpc) is 2.56. The van der Waals surface area contributed by atoms with Gasteiger partial charge in [-0.3, -0.25) is 0 Å². The highest BCUT2D eigenvalue weighted by atomic mass is 79.9. The standard InChI is InChI=1S/C15H14BrN5/c16-13-2-3-14(12(10-13)11-17)20-6-8-21(9-7-20)15-18-4-1-5-19-15/h1-5,10H,6-9H2. The van der Waals surface area contributed by atoms with E-state index in [0.29, 0.717) is 5.56 Å². The van der Waals surface area contributed by atoms with Gasteiger partial charge in [-0.05, 0) is 24.3 Å². The van der Waals surface area contributed by atoms with Crippen LogP contribution in [0.15, 0.2) is 41.1 Å². The summed E-state index contributed by atoms with van der Waals surface area (Å²) in [6.45, 7) is 3.42. The van der Waals surface area contributed by atoms with E-state index in [0.717, 1.165) is 42.3 Å². The van der Waals surface area contributed by atoms with E-state index < -0.39 is 0 Å². The minimum absolute atomic E-state index is 0.703. The monoisotopic (exact) mass is 343 g/mol. The zero-order valence-corrected chi connectivity index (χ0v) is 13.0. The van der Waals surface area contributed by atoms with Crippen LogP contribution in [0.4, 0.5) is 11.6 Å². The summed E-state index contributed by atoms with van der Waals surface area (Å²) in [7, 11) is 0. The van der Waals surface area contributed by atoms with Crippen molar-refractivity contribution >= 4 is 27.6 Å². The number of hydrogen-bond acceptors (Lipinski definition) is 5. The summed E-state index contributed by atoms with van der Waals surface area (Å²) in [5.41, 5.74) is 1.70. The van der Waals surface area contributed by atoms with Gasteiger partial charge in [0.25, 0.3) is 0 Å². The Morgan fingerprint density at radius 3 is 2.38 bits per heavy atom. The van der Waals surface area contributed by atoms with E-state index in [9.17, 15) is 5.26 Å². The van der Waals surface area contributed by atoms with Crippen molar-refractivity contribution in [2.24, 2.45) is 0 Å². The normalized spacial score (nSPS) is 14.9. The third kappa shape index (κ3) is 2.98. The van der Waals surface area contributed by atoms with Gasteiger partial charge in [-0.2, -0.15) is 5.26 Å². The van der Waals surface area contributed by atoms with Gasteiger partial charge in [-0.15, -0.1) is 0 Å². The lowest BCUT2D eigenvalue weighted by molar-refractivity contribution is 0.639. The highest BCUT2D eigenvalue weighted by Gasteiger charge is 2.20. The van der Waals surface area contributed by atoms with Gasteiger partial charge in [0.15, 0.2) is 0 Å². The highest BCUT2D eigenvalue weighted by molar-refractivity contribution is 9.10. The predicted octanol–water partition coefficient (Wildman–Crippen LogP) is 2.44. The minimum Gasteiger partial charge on any atom is -0.367 e. The topological polar surface area (TPSA) is 56.1 Å². The summed E-state index contributed by atoms with van der Waals surface area (Å²) in [5, 5.41) is 9.28. The van der Waals surface area contributed by atoms with E-state index >= 15 is 0 Å². The second kappa shape index (κ2) is 6.10. The second-order valence-corrected chi connectivity index (χ2v) is 5.71. The van der Waals surface area contributed by atoms with E-state index in [-0.39, 0.29) is 0 Å². The fourth-order valence-electron chi connectivity index (χ4n) is 2.48. The van der Waals surface area contributed by atoms with Crippen molar-refractivity contribution in [1.29, 1.82) is 5.26 Å². The summed E-state index contributed by atoms with van der Waals surface area (Å²) in [6.07, 6.45) is 3.52. The van der Waals surface area contributed by atoms with Crippen molar-refractivity contribution in [3.05, 3.63) is 46.7 Å². The quantitative estimate of drug-likeness (QED) is 0.838. The SMILES string of the molecule is N#Cc1cc(Br)ccc1N1CCN(c2ncccn2)CC1. The van der Waals surface area contributed by atoms with E-state index in [2.05, 4.69) is 41.8 Å². The molecule has 0 saturated carbocycles. The molecule has 0 amide bonds. The van der Waals surface area contributed by atoms with Gasteiger partial charge in [0.05, 0.1) is 11.3 Å². The number of aromatic nitrogens is 2. The van der Waals surface area contributed by atoms with Crippen LogP contribution in [-0.4, -0.2) is 36.1 Å². The molecule has 1 aliphatic heterocycles. The maximum atomic E-state index is 9.28. The molecule has 6 heteroatoms. The van der Waals surface area contributed by atoms with Gasteiger partial charge in [0, 0.05) is 43.0 Å². The van der Waals surface area contributed by atoms with Gasteiger partial charge in [0.2, 0.25) is 5.95 Å². The first-order chi connectivity index (χ1) is 10.3. The van der Waals surface area contributed by atoms with E-state index in [4.69, 9.17) is 0 Å². The lowest BCUT2D eigenvalue weighted by atomic mass is 10.1. The van der Waals surface area contributed by atoms with Gasteiger partial charge >= 0.3 is 0 Å². The number of piperazine rings is 1. The number of nitrogens with zero attached hydrogens (tertiary/aromatic N) is 5. The van der Waals surface area contributed by atoms with Crippen molar-refractivity contribution in [2.75, 3.05) is 36.0 Å². The van der Waals surface area contributed by atoms with Gasteiger partial charge < -0.3 is 9.80 Å². The van der Waals surface area contributed by atoms with Crippen molar-refractivity contribution in [3.63, 3.8) is 0 Å². The van der Waals surface area contributed by atoms with E-state index in [1.807, 2.05) is 24.3 Å². The van der Waals surface area contributed by atoms with Crippen molar-refractivity contribution in [3.8, 4) is 6.07 Å². The van der Waals surface area contributed by atoms with Gasteiger partial charge in [-0.1, -0.05) is 15.9 Å². The molecule has 0 aliphatic carbocycles. The molecule has 106 valence electrons. The van der Waals surface area contributed by atoms with Crippen LogP contribution >= 0.6 is 15.9 Å². The molecule has 21 heavy (non-hydrogen) atoms. The first-order valence-corrected chi connectivity index (χ1v) is 7.54. The molecule has 0 unspecified atom stereocenters. The molecular weight excluding hydrogens is 330 g/mol. The summed E-state index contributed by atoms with van der Waals surface area (Å²) >= 11 is 3.41. The zero-order valence-electron chi connectivity index (χ0n) is 11.4. The average molecular weight is 344 g/mol. The smallest absolute Gasteiger partial charge is 0.225 e. The Bertz CT molecular complexity index is 660. The number of halogens is 1. The lowest BCUT2D eigenvalue weighted by Gasteiger charge is -2.36. The predicted molar refractivity (Wildman–Crippen MR) is 85.3 cm³/mol. The maximum Gasteiger partial charge on any atom is 0.225 e. The summed E-state index contributed by atoms with van der Waals surface area (Å²) in [6, 6.07) is 9.92. The number of nitriles is 1. The first-order valence-electron chi connectivity index (χ1n) is 6.74. The number of hydrogen-bond donors (Lipinski definition) is 0. The minimum atomic E-state index is 0.703. The highest BCUT2D eigenvalue weighted by Crippen LogP contribution is 2.25. The first kappa shape index (κ1) is 13.8. The molecule has 1 aliphatic rings. The fraction of sp³-hybridized carbons (Fsp3) is 0.267. The molecule has 0 spiro atoms. The van der Waals surface area contributed by atoms with Crippen LogP contribution in [0.3, 0.4) is 0 Å². The van der Waals surface area contributed by atoms with Crippen LogP contribution in [-0.2, 0) is 0 Å². The van der Waals surface area contributed by atoms with Gasteiger partial charge in [-0.25, -0.2) is 9.97 Å². The van der Waals surface area contributed by atoms with Gasteiger partial charge in [0.1, 0.15) is 6.07 Å². The van der Waals surface area contributed by atoms with Crippen LogP contribution < -0.4 is 9.80 Å². The molecule has 1 saturated heterocycles. The molecule has 0 radical (unpaired) electrons. The summed E-state index contributed by atoms with van der Waals surface area (Å²) in [4.78, 5) is 13.0. The van der Waals surface area contributed by atoms with Crippen LogP contribution in [0, 0.1) is 11.3 Å². The van der Waals surface area contributed by atoms with Crippen LogP contribution in [0.2, 0.25) is 0 Å². The molecule has 0 atom stereocenters. The largest absolute Gasteiger partial charge is 0.367 e. The molecule has 2 aromatic rings. The molecule has 5 nitrogen and oxygen atoms in total. The third-order valence-corrected chi connectivity index (χ3v) is 4.03. The molecule has 0 bridgehead atoms. The molecule has 1 fully saturated rings. The molecule has 3 rings (SSSR count). The molecule has 2 heterocycles. The van der Waals surface area contributed by atoms with E-state index in [1.54, 1.807) is 12.4 Å². The zero-order chi connectivity index (χ0) is 14.7. The Kier molecular flexibility index (Phi) is 4.02. The Morgan fingerprint density at radius 1 is 1.05 bits per heavy atom. The van der Waals surface area contributed by atoms with Crippen molar-refractivity contribution in [2.45, 2.75) is 0 Å². The molecule has 0 N–H and O–H groups in total. The number of rotatable bonds is 2. The maximum absolute atomic E-state index is 9.28. The Hall–Kier alpha value is -2.13. The van der Waals surface area contributed by atoms with Crippen LogP contribution in [0.5, 0.6) is 0 Å². The Morgan fingerprint density at radius 2 is 1.71 bits per heavy atom. The fourth-order valence-corrected chi connectivity index (χ4v) is 2.84. The van der Waals surface area contributed by atoms with Crippen molar-refractivity contribution in [1.82, 2.24) is 9.97 Å². The van der Waals surface area contributed by atoms with Crippen LogP contribution in [0.1, 0.15) is 5.56 Å². The lowest BCUT2D eigenvalue weighted by Crippen LogP contribution is -2.47. The number of benzene rings is 1. The Balaban J connectivity index is 1.73. The number of anilines is 2. The van der Waals surface area contributed by atoms with E-state index in [1.165, 1.54) is 0 Å². The Labute approximate surface area is 132 Å². The second-order valence-electron chi connectivity index (χ2n) is 4.80. The third-order valence-electron chi connectivity index (χ3n) is 3.53. The molecule has 1 aromatic carbocycles. The molecule has 1 aromatic heterocycles.